The lowest BCUT2D eigenvalue weighted by atomic mass is 9.97. The average Bonchev–Trinajstić information content (AvgIpc) is 3.75. The predicted octanol–water partition coefficient (Wildman–Crippen LogP) is 13.2. The summed E-state index contributed by atoms with van der Waals surface area (Å²) in [5.41, 5.74) is 15.8. The molecule has 262 valence electrons. The van der Waals surface area contributed by atoms with E-state index in [1.165, 1.54) is 22.3 Å². The minimum atomic E-state index is 0.549. The van der Waals surface area contributed by atoms with E-state index >= 15 is 0 Å². The van der Waals surface area contributed by atoms with Gasteiger partial charge in [-0.1, -0.05) is 120 Å². The van der Waals surface area contributed by atoms with E-state index in [0.29, 0.717) is 11.1 Å². The van der Waals surface area contributed by atoms with Gasteiger partial charge in [-0.3, -0.25) is 0 Å². The Hall–Kier alpha value is -7.66. The third kappa shape index (κ3) is 5.28. The Kier molecular flexibility index (Phi) is 7.66. The predicted molar refractivity (Wildman–Crippen MR) is 230 cm³/mol. The third-order valence-corrected chi connectivity index (χ3v) is 11.1. The van der Waals surface area contributed by atoms with Crippen LogP contribution in [0.25, 0.3) is 88.4 Å². The van der Waals surface area contributed by atoms with Gasteiger partial charge < -0.3 is 9.13 Å². The first-order valence-electron chi connectivity index (χ1n) is 18.8. The average molecular weight is 715 g/mol. The maximum atomic E-state index is 11.0. The fourth-order valence-corrected chi connectivity index (χ4v) is 8.50. The van der Waals surface area contributed by atoms with Crippen LogP contribution in [0, 0.1) is 36.5 Å². The molecule has 0 aliphatic rings. The van der Waals surface area contributed by atoms with E-state index in [1.807, 2.05) is 24.3 Å². The summed E-state index contributed by atoms with van der Waals surface area (Å²) in [6.45, 7) is 4.24. The molecule has 0 bridgehead atoms. The van der Waals surface area contributed by atoms with E-state index in [1.54, 1.807) is 0 Å². The zero-order valence-electron chi connectivity index (χ0n) is 31.0. The molecule has 0 spiro atoms. The van der Waals surface area contributed by atoms with Crippen molar-refractivity contribution in [3.63, 3.8) is 0 Å². The maximum absolute atomic E-state index is 11.0. The molecule has 8 aromatic carbocycles. The Morgan fingerprint density at radius 2 is 0.875 bits per heavy atom. The number of aryl methyl sites for hydroxylation is 2. The molecule has 0 atom stereocenters. The highest BCUT2D eigenvalue weighted by molar-refractivity contribution is 6.12. The van der Waals surface area contributed by atoms with E-state index in [4.69, 9.17) is 0 Å². The van der Waals surface area contributed by atoms with Gasteiger partial charge >= 0.3 is 0 Å². The normalized spacial score (nSPS) is 11.4. The van der Waals surface area contributed by atoms with Gasteiger partial charge in [0.25, 0.3) is 0 Å². The van der Waals surface area contributed by atoms with Crippen molar-refractivity contribution in [3.8, 4) is 56.9 Å². The Balaban J connectivity index is 1.27. The van der Waals surface area contributed by atoms with Crippen molar-refractivity contribution >= 4 is 43.6 Å². The van der Waals surface area contributed by atoms with Crippen LogP contribution >= 0.6 is 0 Å². The lowest BCUT2D eigenvalue weighted by Gasteiger charge is -2.19. The minimum absolute atomic E-state index is 0.549. The number of nitriles is 2. The van der Waals surface area contributed by atoms with E-state index in [-0.39, 0.29) is 0 Å². The van der Waals surface area contributed by atoms with Crippen LogP contribution in [0.5, 0.6) is 0 Å². The minimum Gasteiger partial charge on any atom is -0.309 e. The summed E-state index contributed by atoms with van der Waals surface area (Å²) in [5.74, 6) is 0. The molecule has 0 fully saturated rings. The van der Waals surface area contributed by atoms with E-state index in [9.17, 15) is 10.5 Å². The fourth-order valence-electron chi connectivity index (χ4n) is 8.50. The second-order valence-electron chi connectivity index (χ2n) is 14.6. The van der Waals surface area contributed by atoms with Gasteiger partial charge in [0.2, 0.25) is 0 Å². The van der Waals surface area contributed by atoms with E-state index in [0.717, 1.165) is 77.2 Å². The lowest BCUT2D eigenvalue weighted by molar-refractivity contribution is 1.14. The number of rotatable bonds is 5. The summed E-state index contributed by atoms with van der Waals surface area (Å²) >= 11 is 0. The molecule has 0 amide bonds. The molecule has 0 aliphatic carbocycles. The Morgan fingerprint density at radius 1 is 0.375 bits per heavy atom. The molecule has 0 radical (unpaired) electrons. The SMILES string of the molecule is Cc1cccc(-c2ccc3c(c2)c2ccccc2n3-c2cc(-c3cccc(C#N)c3)c(-n3c4ccccc4c4cc(-c5cccc(C)c5)ccc43)cc2C#N)c1. The van der Waals surface area contributed by atoms with Gasteiger partial charge in [0, 0.05) is 27.1 Å². The topological polar surface area (TPSA) is 57.4 Å². The third-order valence-electron chi connectivity index (χ3n) is 11.1. The van der Waals surface area contributed by atoms with Gasteiger partial charge in [-0.05, 0) is 102 Å². The highest BCUT2D eigenvalue weighted by atomic mass is 15.0. The zero-order valence-corrected chi connectivity index (χ0v) is 31.0. The molecule has 0 N–H and O–H groups in total. The molecule has 2 heterocycles. The summed E-state index contributed by atoms with van der Waals surface area (Å²) < 4.78 is 4.51. The van der Waals surface area contributed by atoms with Gasteiger partial charge in [-0.2, -0.15) is 10.5 Å². The fraction of sp³-hybridized carbons (Fsp3) is 0.0385. The van der Waals surface area contributed by atoms with Crippen LogP contribution in [-0.4, -0.2) is 9.13 Å². The first-order chi connectivity index (χ1) is 27.5. The standard InChI is InChI=1S/C52H34N4/c1-33-10-7-13-36(24-33)38-20-22-49-45(27-38)42-16-3-5-18-47(42)55(49)51-30-44(40-15-9-12-35(26-40)31-53)52(29-41(51)32-54)56-48-19-6-4-17-43(48)46-28-39(21-23-50(46)56)37-14-8-11-34(2)25-37/h3-30H,1-2H3. The monoisotopic (exact) mass is 714 g/mol. The van der Waals surface area contributed by atoms with Crippen molar-refractivity contribution in [2.75, 3.05) is 0 Å². The summed E-state index contributed by atoms with van der Waals surface area (Å²) in [4.78, 5) is 0. The van der Waals surface area contributed by atoms with Crippen molar-refractivity contribution in [2.45, 2.75) is 13.8 Å². The molecule has 0 unspecified atom stereocenters. The van der Waals surface area contributed by atoms with Crippen molar-refractivity contribution < 1.29 is 0 Å². The largest absolute Gasteiger partial charge is 0.309 e. The molecular weight excluding hydrogens is 681 g/mol. The molecule has 0 saturated carbocycles. The summed E-state index contributed by atoms with van der Waals surface area (Å²) in [6, 6.07) is 64.3. The van der Waals surface area contributed by atoms with Crippen molar-refractivity contribution in [1.82, 2.24) is 9.13 Å². The van der Waals surface area contributed by atoms with E-state index in [2.05, 4.69) is 181 Å². The quantitative estimate of drug-likeness (QED) is 0.178. The zero-order chi connectivity index (χ0) is 37.9. The van der Waals surface area contributed by atoms with Gasteiger partial charge in [-0.15, -0.1) is 0 Å². The smallest absolute Gasteiger partial charge is 0.101 e. The van der Waals surface area contributed by atoms with Crippen LogP contribution in [0.3, 0.4) is 0 Å². The lowest BCUT2D eigenvalue weighted by Crippen LogP contribution is -2.04. The van der Waals surface area contributed by atoms with Gasteiger partial charge in [0.05, 0.1) is 50.6 Å². The molecule has 0 saturated heterocycles. The van der Waals surface area contributed by atoms with Crippen LogP contribution in [0.4, 0.5) is 0 Å². The van der Waals surface area contributed by atoms with Crippen molar-refractivity contribution in [3.05, 3.63) is 192 Å². The number of aromatic nitrogens is 2. The van der Waals surface area contributed by atoms with Crippen molar-refractivity contribution in [2.24, 2.45) is 0 Å². The molecule has 10 aromatic rings. The van der Waals surface area contributed by atoms with Crippen LogP contribution in [0.2, 0.25) is 0 Å². The molecule has 0 aliphatic heterocycles. The molecule has 10 rings (SSSR count). The number of para-hydroxylation sites is 2. The van der Waals surface area contributed by atoms with Gasteiger partial charge in [0.1, 0.15) is 6.07 Å². The Labute approximate surface area is 325 Å². The highest BCUT2D eigenvalue weighted by Gasteiger charge is 2.22. The van der Waals surface area contributed by atoms with Crippen LogP contribution in [0.1, 0.15) is 22.3 Å². The molecule has 56 heavy (non-hydrogen) atoms. The maximum Gasteiger partial charge on any atom is 0.101 e. The molecule has 4 nitrogen and oxygen atoms in total. The molecule has 4 heteroatoms. The summed E-state index contributed by atoms with van der Waals surface area (Å²) in [7, 11) is 0. The number of nitrogens with zero attached hydrogens (tertiary/aromatic N) is 4. The number of benzene rings is 8. The molecular formula is C52H34N4. The Morgan fingerprint density at radius 3 is 1.43 bits per heavy atom. The summed E-state index contributed by atoms with van der Waals surface area (Å²) in [5, 5.41) is 25.6. The van der Waals surface area contributed by atoms with Gasteiger partial charge in [-0.25, -0.2) is 0 Å². The first kappa shape index (κ1) is 32.9. The second kappa shape index (κ2) is 13.0. The van der Waals surface area contributed by atoms with Crippen LogP contribution < -0.4 is 0 Å². The molecule has 2 aromatic heterocycles. The Bertz CT molecular complexity index is 3310. The van der Waals surface area contributed by atoms with E-state index < -0.39 is 0 Å². The number of hydrogen-bond acceptors (Lipinski definition) is 2. The highest BCUT2D eigenvalue weighted by Crippen LogP contribution is 2.42. The van der Waals surface area contributed by atoms with Crippen LogP contribution in [0.15, 0.2) is 170 Å². The van der Waals surface area contributed by atoms with Crippen LogP contribution in [-0.2, 0) is 0 Å². The number of hydrogen-bond donors (Lipinski definition) is 0. The van der Waals surface area contributed by atoms with Gasteiger partial charge in [0.15, 0.2) is 0 Å². The second-order valence-corrected chi connectivity index (χ2v) is 14.6. The first-order valence-corrected chi connectivity index (χ1v) is 18.8. The number of fused-ring (bicyclic) bond motifs is 6. The van der Waals surface area contributed by atoms with Crippen molar-refractivity contribution in [1.29, 1.82) is 10.5 Å². The summed E-state index contributed by atoms with van der Waals surface area (Å²) in [6.07, 6.45) is 0.